The molecule has 0 aliphatic heterocycles. The van der Waals surface area contributed by atoms with E-state index in [1.54, 1.807) is 12.1 Å². The van der Waals surface area contributed by atoms with Gasteiger partial charge in [0.25, 0.3) is 5.91 Å². The summed E-state index contributed by atoms with van der Waals surface area (Å²) in [7, 11) is 1.42. The average Bonchev–Trinajstić information content (AvgIpc) is 2.28. The number of carbonyl (C=O) groups excluding carboxylic acids is 1. The van der Waals surface area contributed by atoms with E-state index in [1.165, 1.54) is 13.2 Å². The molecule has 0 fully saturated rings. The summed E-state index contributed by atoms with van der Waals surface area (Å²) in [5.74, 6) is -1.38. The summed E-state index contributed by atoms with van der Waals surface area (Å²) in [4.78, 5) is 21.8. The van der Waals surface area contributed by atoms with Gasteiger partial charge in [0.1, 0.15) is 11.8 Å². The number of amides is 1. The first kappa shape index (κ1) is 13.0. The smallest absolute Gasteiger partial charge is 0.320 e. The van der Waals surface area contributed by atoms with Gasteiger partial charge in [0, 0.05) is 0 Å². The fraction of sp³-hybridized carbons (Fsp3) is 0.273. The molecule has 17 heavy (non-hydrogen) atoms. The molecule has 0 saturated carbocycles. The molecule has 6 nitrogen and oxygen atoms in total. The van der Waals surface area contributed by atoms with Crippen LogP contribution in [0.4, 0.5) is 0 Å². The highest BCUT2D eigenvalue weighted by Gasteiger charge is 2.15. The Bertz CT molecular complexity index is 445. The van der Waals surface area contributed by atoms with Gasteiger partial charge in [-0.25, -0.2) is 0 Å². The first-order chi connectivity index (χ1) is 7.95. The summed E-state index contributed by atoms with van der Waals surface area (Å²) in [5, 5.41) is 8.68. The Labute approximate surface area is 98.2 Å². The quantitative estimate of drug-likeness (QED) is 0.654. The second-order valence-electron chi connectivity index (χ2n) is 3.55. The van der Waals surface area contributed by atoms with E-state index in [4.69, 9.17) is 21.3 Å². The number of carboxylic acid groups (broad SMARTS) is 1. The molecule has 0 radical (unpaired) electrons. The highest BCUT2D eigenvalue weighted by atomic mass is 16.5. The Kier molecular flexibility index (Phi) is 4.06. The molecule has 0 aliphatic carbocycles. The van der Waals surface area contributed by atoms with Crippen LogP contribution in [0, 0.1) is 0 Å². The van der Waals surface area contributed by atoms with Crippen LogP contribution in [-0.4, -0.2) is 30.1 Å². The molecule has 1 atom stereocenters. The summed E-state index contributed by atoms with van der Waals surface area (Å²) < 4.78 is 4.97. The minimum absolute atomic E-state index is 0.125. The van der Waals surface area contributed by atoms with Crippen LogP contribution in [0.15, 0.2) is 18.2 Å². The van der Waals surface area contributed by atoms with E-state index in [1.807, 2.05) is 0 Å². The van der Waals surface area contributed by atoms with E-state index in [9.17, 15) is 9.59 Å². The molecule has 1 aromatic rings. The van der Waals surface area contributed by atoms with Gasteiger partial charge < -0.3 is 21.3 Å². The van der Waals surface area contributed by atoms with Crippen molar-refractivity contribution in [3.63, 3.8) is 0 Å². The first-order valence-corrected chi connectivity index (χ1v) is 4.90. The van der Waals surface area contributed by atoms with E-state index < -0.39 is 17.9 Å². The van der Waals surface area contributed by atoms with Gasteiger partial charge in [0.05, 0.1) is 12.7 Å². The third kappa shape index (κ3) is 3.18. The van der Waals surface area contributed by atoms with Gasteiger partial charge in [-0.1, -0.05) is 6.07 Å². The lowest BCUT2D eigenvalue weighted by molar-refractivity contribution is -0.138. The minimum Gasteiger partial charge on any atom is -0.496 e. The summed E-state index contributed by atoms with van der Waals surface area (Å²) in [6, 6.07) is 3.69. The molecule has 6 heteroatoms. The molecule has 0 aliphatic rings. The van der Waals surface area contributed by atoms with Crippen LogP contribution in [0.3, 0.4) is 0 Å². The van der Waals surface area contributed by atoms with Gasteiger partial charge in [0.2, 0.25) is 0 Å². The second kappa shape index (κ2) is 5.31. The molecule has 5 N–H and O–H groups in total. The van der Waals surface area contributed by atoms with Crippen molar-refractivity contribution in [2.24, 2.45) is 11.5 Å². The first-order valence-electron chi connectivity index (χ1n) is 4.90. The highest BCUT2D eigenvalue weighted by Crippen LogP contribution is 2.19. The summed E-state index contributed by atoms with van der Waals surface area (Å²) >= 11 is 0. The van der Waals surface area contributed by atoms with Gasteiger partial charge in [-0.15, -0.1) is 0 Å². The Morgan fingerprint density at radius 1 is 1.47 bits per heavy atom. The van der Waals surface area contributed by atoms with Crippen molar-refractivity contribution in [3.05, 3.63) is 29.3 Å². The highest BCUT2D eigenvalue weighted by molar-refractivity contribution is 5.95. The van der Waals surface area contributed by atoms with E-state index in [0.29, 0.717) is 11.3 Å². The van der Waals surface area contributed by atoms with Crippen molar-refractivity contribution in [2.45, 2.75) is 12.5 Å². The SMILES string of the molecule is COc1ccc(C[C@H](N)C(=O)O)cc1C(N)=O. The number of rotatable bonds is 5. The average molecular weight is 238 g/mol. The minimum atomic E-state index is -1.10. The summed E-state index contributed by atoms with van der Waals surface area (Å²) in [5.41, 5.74) is 11.4. The molecule has 0 aromatic heterocycles. The van der Waals surface area contributed by atoms with E-state index in [2.05, 4.69) is 0 Å². The van der Waals surface area contributed by atoms with Gasteiger partial charge in [-0.3, -0.25) is 9.59 Å². The molecular formula is C11H14N2O4. The number of primary amides is 1. The third-order valence-electron chi connectivity index (χ3n) is 2.30. The lowest BCUT2D eigenvalue weighted by Gasteiger charge is -2.10. The Morgan fingerprint density at radius 2 is 2.12 bits per heavy atom. The molecule has 0 bridgehead atoms. The van der Waals surface area contributed by atoms with Crippen molar-refractivity contribution in [3.8, 4) is 5.75 Å². The molecule has 1 aromatic carbocycles. The lowest BCUT2D eigenvalue weighted by Crippen LogP contribution is -2.32. The van der Waals surface area contributed by atoms with E-state index in [-0.39, 0.29) is 12.0 Å². The fourth-order valence-electron chi connectivity index (χ4n) is 1.42. The van der Waals surface area contributed by atoms with E-state index in [0.717, 1.165) is 0 Å². The van der Waals surface area contributed by atoms with Crippen LogP contribution >= 0.6 is 0 Å². The van der Waals surface area contributed by atoms with Gasteiger partial charge in [0.15, 0.2) is 0 Å². The van der Waals surface area contributed by atoms with Crippen molar-refractivity contribution < 1.29 is 19.4 Å². The number of aliphatic carboxylic acids is 1. The van der Waals surface area contributed by atoms with Crippen LogP contribution in [-0.2, 0) is 11.2 Å². The predicted molar refractivity (Wildman–Crippen MR) is 60.8 cm³/mol. The Morgan fingerprint density at radius 3 is 2.59 bits per heavy atom. The number of benzene rings is 1. The fourth-order valence-corrected chi connectivity index (χ4v) is 1.42. The van der Waals surface area contributed by atoms with Crippen molar-refractivity contribution in [1.82, 2.24) is 0 Å². The molecule has 0 heterocycles. The Balaban J connectivity index is 3.00. The number of carboxylic acids is 1. The molecule has 0 spiro atoms. The topological polar surface area (TPSA) is 116 Å². The largest absolute Gasteiger partial charge is 0.496 e. The van der Waals surface area contributed by atoms with Crippen LogP contribution in [0.1, 0.15) is 15.9 Å². The molecule has 1 amide bonds. The zero-order chi connectivity index (χ0) is 13.0. The number of nitrogens with two attached hydrogens (primary N) is 2. The number of ether oxygens (including phenoxy) is 1. The second-order valence-corrected chi connectivity index (χ2v) is 3.55. The van der Waals surface area contributed by atoms with Crippen LogP contribution < -0.4 is 16.2 Å². The van der Waals surface area contributed by atoms with Crippen molar-refractivity contribution in [2.75, 3.05) is 7.11 Å². The van der Waals surface area contributed by atoms with Gasteiger partial charge >= 0.3 is 5.97 Å². The normalized spacial score (nSPS) is 11.9. The lowest BCUT2D eigenvalue weighted by atomic mass is 10.0. The molecule has 0 saturated heterocycles. The number of methoxy groups -OCH3 is 1. The number of hydrogen-bond acceptors (Lipinski definition) is 4. The van der Waals surface area contributed by atoms with Crippen LogP contribution in [0.2, 0.25) is 0 Å². The zero-order valence-electron chi connectivity index (χ0n) is 9.34. The van der Waals surface area contributed by atoms with Crippen LogP contribution in [0.25, 0.3) is 0 Å². The van der Waals surface area contributed by atoms with Crippen LogP contribution in [0.5, 0.6) is 5.75 Å². The Hall–Kier alpha value is -2.08. The maximum Gasteiger partial charge on any atom is 0.320 e. The monoisotopic (exact) mass is 238 g/mol. The van der Waals surface area contributed by atoms with Gasteiger partial charge in [-0.2, -0.15) is 0 Å². The zero-order valence-corrected chi connectivity index (χ0v) is 9.34. The molecule has 0 unspecified atom stereocenters. The standard InChI is InChI=1S/C11H14N2O4/c1-17-9-3-2-6(4-7(9)10(13)14)5-8(12)11(15)16/h2-4,8H,5,12H2,1H3,(H2,13,14)(H,15,16)/t8-/m0/s1. The predicted octanol–water partition coefficient (Wildman–Crippen LogP) is -0.251. The molecule has 92 valence electrons. The van der Waals surface area contributed by atoms with E-state index >= 15 is 0 Å². The molecule has 1 rings (SSSR count). The molecular weight excluding hydrogens is 224 g/mol. The maximum absolute atomic E-state index is 11.1. The van der Waals surface area contributed by atoms with Crippen molar-refractivity contribution in [1.29, 1.82) is 0 Å². The maximum atomic E-state index is 11.1. The summed E-state index contributed by atoms with van der Waals surface area (Å²) in [6.45, 7) is 0. The van der Waals surface area contributed by atoms with Crippen molar-refractivity contribution >= 4 is 11.9 Å². The van der Waals surface area contributed by atoms with Gasteiger partial charge in [-0.05, 0) is 24.1 Å². The number of hydrogen-bond donors (Lipinski definition) is 3. The summed E-state index contributed by atoms with van der Waals surface area (Å²) in [6.07, 6.45) is 0.125. The third-order valence-corrected chi connectivity index (χ3v) is 2.30. The number of carbonyl (C=O) groups is 2.